The van der Waals surface area contributed by atoms with Crippen molar-refractivity contribution in [3.8, 4) is 0 Å². The van der Waals surface area contributed by atoms with Crippen molar-refractivity contribution in [1.29, 1.82) is 0 Å². The minimum atomic E-state index is -9.67. The van der Waals surface area contributed by atoms with Crippen LogP contribution in [0.3, 0.4) is 0 Å². The lowest BCUT2D eigenvalue weighted by molar-refractivity contribution is 0.364. The second-order valence-corrected chi connectivity index (χ2v) is 8.31. The number of rotatable bonds is 2. The molecule has 1 atom stereocenters. The number of hydrogen-bond acceptors (Lipinski definition) is 1. The third-order valence-electron chi connectivity index (χ3n) is 3.27. The molecule has 0 spiro atoms. The van der Waals surface area contributed by atoms with Crippen molar-refractivity contribution in [2.45, 2.75) is 10.9 Å². The molecule has 0 radical (unpaired) electrons. The molecule has 1 aliphatic rings. The SMILES string of the molecule is FS(F)(F)(F)(F)c1ccc2c(c1)=N[C@H](c1ccc(Br)cc1)C=2. The van der Waals surface area contributed by atoms with Crippen LogP contribution in [0, 0.1) is 0 Å². The van der Waals surface area contributed by atoms with Gasteiger partial charge in [0.25, 0.3) is 0 Å². The summed E-state index contributed by atoms with van der Waals surface area (Å²) in [5.74, 6) is 0. The first kappa shape index (κ1) is 15.5. The highest BCUT2D eigenvalue weighted by Crippen LogP contribution is 3.01. The Kier molecular flexibility index (Phi) is 2.89. The van der Waals surface area contributed by atoms with Gasteiger partial charge >= 0.3 is 10.2 Å². The molecule has 1 aliphatic heterocycles. The lowest BCUT2D eigenvalue weighted by Gasteiger charge is -2.40. The molecule has 0 N–H and O–H groups in total. The van der Waals surface area contributed by atoms with Crippen molar-refractivity contribution < 1.29 is 19.4 Å². The van der Waals surface area contributed by atoms with E-state index in [1.165, 1.54) is 0 Å². The van der Waals surface area contributed by atoms with Gasteiger partial charge in [0.1, 0.15) is 4.90 Å². The van der Waals surface area contributed by atoms with E-state index in [2.05, 4.69) is 20.9 Å². The molecule has 3 rings (SSSR count). The number of hydrogen-bond donors (Lipinski definition) is 0. The second-order valence-electron chi connectivity index (χ2n) is 4.98. The van der Waals surface area contributed by atoms with Gasteiger partial charge in [-0.1, -0.05) is 53.6 Å². The first-order chi connectivity index (χ1) is 9.92. The summed E-state index contributed by atoms with van der Waals surface area (Å²) in [6, 6.07) is 8.49. The topological polar surface area (TPSA) is 12.4 Å². The maximum absolute atomic E-state index is 12.8. The van der Waals surface area contributed by atoms with Crippen molar-refractivity contribution in [3.05, 3.63) is 63.1 Å². The Morgan fingerprint density at radius 1 is 0.909 bits per heavy atom. The van der Waals surface area contributed by atoms with Crippen LogP contribution in [0.5, 0.6) is 0 Å². The minimum absolute atomic E-state index is 0.0707. The lowest BCUT2D eigenvalue weighted by Crippen LogP contribution is -2.23. The molecule has 1 heterocycles. The van der Waals surface area contributed by atoms with Crippen molar-refractivity contribution in [2.75, 3.05) is 0 Å². The first-order valence-corrected chi connectivity index (χ1v) is 8.86. The average molecular weight is 398 g/mol. The smallest absolute Gasteiger partial charge is 0.272 e. The van der Waals surface area contributed by atoms with E-state index in [1.807, 2.05) is 0 Å². The third-order valence-corrected chi connectivity index (χ3v) is 4.95. The monoisotopic (exact) mass is 397 g/mol. The zero-order chi connectivity index (χ0) is 16.2. The highest BCUT2D eigenvalue weighted by molar-refractivity contribution is 9.10. The van der Waals surface area contributed by atoms with E-state index in [4.69, 9.17) is 0 Å². The summed E-state index contributed by atoms with van der Waals surface area (Å²) >= 11 is 3.28. The molecule has 1 nitrogen and oxygen atoms in total. The van der Waals surface area contributed by atoms with Gasteiger partial charge in [0, 0.05) is 4.47 Å². The quantitative estimate of drug-likeness (QED) is 0.612. The van der Waals surface area contributed by atoms with Gasteiger partial charge in [-0.15, -0.1) is 0 Å². The highest BCUT2D eigenvalue weighted by atomic mass is 79.9. The molecular weight excluding hydrogens is 389 g/mol. The molecule has 0 saturated carbocycles. The molecule has 0 unspecified atom stereocenters. The van der Waals surface area contributed by atoms with Gasteiger partial charge in [-0.05, 0) is 41.1 Å². The number of nitrogens with zero attached hydrogens (tertiary/aromatic N) is 1. The van der Waals surface area contributed by atoms with E-state index in [0.717, 1.165) is 16.1 Å². The summed E-state index contributed by atoms with van der Waals surface area (Å²) < 4.78 is 65.0. The zero-order valence-corrected chi connectivity index (χ0v) is 13.2. The van der Waals surface area contributed by atoms with Gasteiger partial charge in [-0.25, -0.2) is 0 Å². The van der Waals surface area contributed by atoms with Crippen LogP contribution >= 0.6 is 26.2 Å². The Hall–Kier alpha value is -1.41. The molecule has 22 heavy (non-hydrogen) atoms. The summed E-state index contributed by atoms with van der Waals surface area (Å²) in [4.78, 5) is 2.19. The number of fused-ring (bicyclic) bond motifs is 1. The van der Waals surface area contributed by atoms with Gasteiger partial charge in [0.05, 0.1) is 11.4 Å². The molecule has 0 bridgehead atoms. The first-order valence-electron chi connectivity index (χ1n) is 6.12. The van der Waals surface area contributed by atoms with Crippen molar-refractivity contribution in [3.63, 3.8) is 0 Å². The van der Waals surface area contributed by atoms with E-state index >= 15 is 0 Å². The normalized spacial score (nSPS) is 20.4. The molecule has 0 fully saturated rings. The van der Waals surface area contributed by atoms with Gasteiger partial charge in [-0.2, -0.15) is 0 Å². The van der Waals surface area contributed by atoms with Crippen LogP contribution in [-0.2, 0) is 0 Å². The Bertz CT molecular complexity index is 875. The Labute approximate surface area is 131 Å². The van der Waals surface area contributed by atoms with Crippen LogP contribution in [0.4, 0.5) is 19.4 Å². The third kappa shape index (κ3) is 3.03. The molecular formula is C14H9BrF5NS. The predicted octanol–water partition coefficient (Wildman–Crippen LogP) is 5.26. The summed E-state index contributed by atoms with van der Waals surface area (Å²) in [5, 5.41) is 0.345. The summed E-state index contributed by atoms with van der Waals surface area (Å²) in [5.41, 5.74) is 0.772. The number of benzene rings is 2. The largest absolute Gasteiger partial charge is 0.310 e. The molecule has 0 saturated heterocycles. The molecule has 0 aliphatic carbocycles. The van der Waals surface area contributed by atoms with E-state index < -0.39 is 21.2 Å². The summed E-state index contributed by atoms with van der Waals surface area (Å²) in [7, 11) is -9.67. The van der Waals surface area contributed by atoms with Gasteiger partial charge in [-0.3, -0.25) is 4.99 Å². The molecule has 0 aromatic heterocycles. The Morgan fingerprint density at radius 2 is 1.55 bits per heavy atom. The molecule has 2 aromatic rings. The van der Waals surface area contributed by atoms with E-state index in [0.29, 0.717) is 17.4 Å². The summed E-state index contributed by atoms with van der Waals surface area (Å²) in [6.07, 6.45) is 1.65. The fraction of sp³-hybridized carbons (Fsp3) is 0.0714. The maximum Gasteiger partial charge on any atom is 0.310 e. The highest BCUT2D eigenvalue weighted by Gasteiger charge is 2.65. The van der Waals surface area contributed by atoms with Crippen molar-refractivity contribution in [1.82, 2.24) is 0 Å². The van der Waals surface area contributed by atoms with Gasteiger partial charge < -0.3 is 0 Å². The van der Waals surface area contributed by atoms with E-state index in [1.54, 1.807) is 30.3 Å². The minimum Gasteiger partial charge on any atom is -0.272 e. The van der Waals surface area contributed by atoms with Crippen LogP contribution < -0.4 is 10.6 Å². The van der Waals surface area contributed by atoms with Gasteiger partial charge in [0.2, 0.25) is 0 Å². The van der Waals surface area contributed by atoms with Crippen LogP contribution in [0.1, 0.15) is 11.6 Å². The molecule has 8 heteroatoms. The number of halogens is 6. The van der Waals surface area contributed by atoms with E-state index in [-0.39, 0.29) is 5.36 Å². The Balaban J connectivity index is 2.09. The van der Waals surface area contributed by atoms with Crippen LogP contribution in [0.25, 0.3) is 6.08 Å². The fourth-order valence-corrected chi connectivity index (χ4v) is 3.13. The van der Waals surface area contributed by atoms with Gasteiger partial charge in [0.15, 0.2) is 0 Å². The van der Waals surface area contributed by atoms with Crippen molar-refractivity contribution in [2.24, 2.45) is 4.99 Å². The Morgan fingerprint density at radius 3 is 2.14 bits per heavy atom. The second kappa shape index (κ2) is 4.11. The van der Waals surface area contributed by atoms with Crippen LogP contribution in [-0.4, -0.2) is 0 Å². The zero-order valence-electron chi connectivity index (χ0n) is 10.8. The standard InChI is InChI=1S/C14H9BrF5NS/c15-11-4-1-9(2-5-11)13-7-10-3-6-12(8-14(10)21-13)22(16,17,18,19)20/h1-8,13H/t13-/m0/s1. The lowest BCUT2D eigenvalue weighted by atomic mass is 10.1. The van der Waals surface area contributed by atoms with Crippen LogP contribution in [0.2, 0.25) is 0 Å². The fourth-order valence-electron chi connectivity index (χ4n) is 2.20. The predicted molar refractivity (Wildman–Crippen MR) is 80.0 cm³/mol. The van der Waals surface area contributed by atoms with Crippen LogP contribution in [0.15, 0.2) is 56.8 Å². The van der Waals surface area contributed by atoms with E-state index in [9.17, 15) is 19.4 Å². The van der Waals surface area contributed by atoms with Crippen molar-refractivity contribution >= 4 is 32.2 Å². The molecule has 0 amide bonds. The summed E-state index contributed by atoms with van der Waals surface area (Å²) in [6.45, 7) is 0. The average Bonchev–Trinajstić information content (AvgIpc) is 2.79. The molecule has 2 aromatic carbocycles. The molecule has 118 valence electrons. The maximum atomic E-state index is 12.8.